The number of alkyl halides is 2. The van der Waals surface area contributed by atoms with Crippen LogP contribution in [0.1, 0.15) is 19.8 Å². The lowest BCUT2D eigenvalue weighted by molar-refractivity contribution is -0.0498. The predicted octanol–water partition coefficient (Wildman–Crippen LogP) is 2.16. The zero-order valence-electron chi connectivity index (χ0n) is 12.1. The number of piperidine rings is 1. The normalized spacial score (nSPS) is 25.6. The number of carbonyl (C=O) groups is 1. The van der Waals surface area contributed by atoms with Crippen molar-refractivity contribution in [1.82, 2.24) is 14.7 Å². The van der Waals surface area contributed by atoms with E-state index in [1.807, 2.05) is 0 Å². The molecule has 0 N–H and O–H groups in total. The van der Waals surface area contributed by atoms with Gasteiger partial charge in [-0.1, -0.05) is 0 Å². The van der Waals surface area contributed by atoms with Gasteiger partial charge in [0, 0.05) is 52.1 Å². The summed E-state index contributed by atoms with van der Waals surface area (Å²) in [5, 5.41) is 0.459. The fourth-order valence-corrected chi connectivity index (χ4v) is 3.16. The number of hydrogen-bond acceptors (Lipinski definition) is 3. The minimum atomic E-state index is -2.59. The molecule has 7 heteroatoms. The quantitative estimate of drug-likeness (QED) is 0.782. The lowest BCUT2D eigenvalue weighted by Gasteiger charge is -2.41. The van der Waals surface area contributed by atoms with Crippen molar-refractivity contribution in [2.24, 2.45) is 0 Å². The first-order valence-electron chi connectivity index (χ1n) is 7.11. The molecule has 2 heterocycles. The average Bonchev–Trinajstić information content (AvgIpc) is 2.46. The van der Waals surface area contributed by atoms with E-state index in [0.29, 0.717) is 18.5 Å². The van der Waals surface area contributed by atoms with Gasteiger partial charge in [-0.3, -0.25) is 4.90 Å². The van der Waals surface area contributed by atoms with E-state index in [1.54, 1.807) is 21.6 Å². The first kappa shape index (κ1) is 15.8. The minimum Gasteiger partial charge on any atom is -0.324 e. The molecule has 4 nitrogen and oxygen atoms in total. The van der Waals surface area contributed by atoms with Crippen molar-refractivity contribution in [1.29, 1.82) is 0 Å². The number of nitrogens with zero attached hydrogens (tertiary/aromatic N) is 3. The van der Waals surface area contributed by atoms with Gasteiger partial charge in [0.05, 0.1) is 5.37 Å². The number of likely N-dealkylation sites (tertiary alicyclic amines) is 1. The molecular formula is C13H23F2N3OS. The smallest absolute Gasteiger partial charge is 0.320 e. The Morgan fingerprint density at radius 3 is 2.05 bits per heavy atom. The molecule has 2 saturated heterocycles. The largest absolute Gasteiger partial charge is 0.324 e. The SMILES string of the molecule is CSC(C)N1CCN(C(=O)N2CCC(F)(F)CC2)CC1. The van der Waals surface area contributed by atoms with E-state index in [0.717, 1.165) is 13.1 Å². The Balaban J connectivity index is 1.80. The molecule has 116 valence electrons. The number of urea groups is 1. The zero-order chi connectivity index (χ0) is 14.8. The standard InChI is InChI=1S/C13H23F2N3OS/c1-11(20-2)16-7-9-18(10-8-16)12(19)17-5-3-13(14,15)4-6-17/h11H,3-10H2,1-2H3. The highest BCUT2D eigenvalue weighted by molar-refractivity contribution is 7.99. The van der Waals surface area contributed by atoms with Crippen molar-refractivity contribution in [2.45, 2.75) is 31.1 Å². The van der Waals surface area contributed by atoms with Crippen molar-refractivity contribution in [3.05, 3.63) is 0 Å². The van der Waals surface area contributed by atoms with Gasteiger partial charge in [-0.2, -0.15) is 0 Å². The molecule has 2 rings (SSSR count). The maximum absolute atomic E-state index is 13.1. The second-order valence-corrected chi connectivity index (χ2v) is 6.64. The van der Waals surface area contributed by atoms with Crippen LogP contribution in [0.25, 0.3) is 0 Å². The Kier molecular flexibility index (Phi) is 5.12. The maximum atomic E-state index is 13.1. The van der Waals surface area contributed by atoms with Crippen LogP contribution in [0.5, 0.6) is 0 Å². The van der Waals surface area contributed by atoms with Crippen LogP contribution in [0.4, 0.5) is 13.6 Å². The van der Waals surface area contributed by atoms with E-state index in [-0.39, 0.29) is 32.0 Å². The number of carbonyl (C=O) groups excluding carboxylic acids is 1. The van der Waals surface area contributed by atoms with E-state index >= 15 is 0 Å². The van der Waals surface area contributed by atoms with E-state index in [2.05, 4.69) is 18.1 Å². The van der Waals surface area contributed by atoms with Gasteiger partial charge in [0.25, 0.3) is 5.92 Å². The summed E-state index contributed by atoms with van der Waals surface area (Å²) in [6.07, 6.45) is 1.67. The molecule has 20 heavy (non-hydrogen) atoms. The summed E-state index contributed by atoms with van der Waals surface area (Å²) in [5.41, 5.74) is 0. The Labute approximate surface area is 123 Å². The molecule has 0 aromatic heterocycles. The molecule has 2 amide bonds. The first-order valence-corrected chi connectivity index (χ1v) is 8.40. The van der Waals surface area contributed by atoms with Gasteiger partial charge in [-0.05, 0) is 13.2 Å². The van der Waals surface area contributed by atoms with E-state index in [4.69, 9.17) is 0 Å². The summed E-state index contributed by atoms with van der Waals surface area (Å²) in [5.74, 6) is -2.59. The lowest BCUT2D eigenvalue weighted by atomic mass is 10.1. The van der Waals surface area contributed by atoms with Crippen LogP contribution >= 0.6 is 11.8 Å². The first-order chi connectivity index (χ1) is 9.43. The second kappa shape index (κ2) is 6.47. The van der Waals surface area contributed by atoms with Gasteiger partial charge in [-0.15, -0.1) is 11.8 Å². The molecule has 0 saturated carbocycles. The van der Waals surface area contributed by atoms with Gasteiger partial charge in [0.1, 0.15) is 0 Å². The van der Waals surface area contributed by atoms with Crippen LogP contribution in [0.15, 0.2) is 0 Å². The molecule has 1 atom stereocenters. The van der Waals surface area contributed by atoms with Gasteiger partial charge < -0.3 is 9.80 Å². The number of hydrogen-bond donors (Lipinski definition) is 0. The number of amides is 2. The molecule has 0 radical (unpaired) electrons. The van der Waals surface area contributed by atoms with Crippen LogP contribution in [-0.2, 0) is 0 Å². The van der Waals surface area contributed by atoms with Gasteiger partial charge in [0.15, 0.2) is 0 Å². The predicted molar refractivity (Wildman–Crippen MR) is 77.3 cm³/mol. The van der Waals surface area contributed by atoms with Crippen molar-refractivity contribution >= 4 is 17.8 Å². The molecule has 1 unspecified atom stereocenters. The Morgan fingerprint density at radius 1 is 1.05 bits per heavy atom. The van der Waals surface area contributed by atoms with Crippen LogP contribution in [-0.4, -0.2) is 77.6 Å². The summed E-state index contributed by atoms with van der Waals surface area (Å²) in [4.78, 5) is 18.0. The third-order valence-electron chi connectivity index (χ3n) is 4.21. The van der Waals surface area contributed by atoms with Crippen molar-refractivity contribution in [3.63, 3.8) is 0 Å². The van der Waals surface area contributed by atoms with Gasteiger partial charge >= 0.3 is 6.03 Å². The van der Waals surface area contributed by atoms with Crippen molar-refractivity contribution < 1.29 is 13.6 Å². The van der Waals surface area contributed by atoms with Crippen LogP contribution in [0.2, 0.25) is 0 Å². The molecule has 0 spiro atoms. The van der Waals surface area contributed by atoms with Gasteiger partial charge in [-0.25, -0.2) is 13.6 Å². The Bertz CT molecular complexity index is 339. The van der Waals surface area contributed by atoms with Crippen LogP contribution in [0, 0.1) is 0 Å². The summed E-state index contributed by atoms with van der Waals surface area (Å²) < 4.78 is 26.2. The van der Waals surface area contributed by atoms with Crippen LogP contribution in [0.3, 0.4) is 0 Å². The monoisotopic (exact) mass is 307 g/mol. The molecule has 2 fully saturated rings. The van der Waals surface area contributed by atoms with E-state index < -0.39 is 5.92 Å². The molecule has 0 bridgehead atoms. The highest BCUT2D eigenvalue weighted by atomic mass is 32.2. The molecular weight excluding hydrogens is 284 g/mol. The minimum absolute atomic E-state index is 0.0723. The van der Waals surface area contributed by atoms with Gasteiger partial charge in [0.2, 0.25) is 0 Å². The topological polar surface area (TPSA) is 26.8 Å². The summed E-state index contributed by atoms with van der Waals surface area (Å²) >= 11 is 1.80. The summed E-state index contributed by atoms with van der Waals surface area (Å²) in [7, 11) is 0. The van der Waals surface area contributed by atoms with E-state index in [1.165, 1.54) is 0 Å². The molecule has 2 aliphatic heterocycles. The number of piperazine rings is 1. The molecule has 2 aliphatic rings. The van der Waals surface area contributed by atoms with E-state index in [9.17, 15) is 13.6 Å². The average molecular weight is 307 g/mol. The Hall–Kier alpha value is -0.560. The maximum Gasteiger partial charge on any atom is 0.320 e. The zero-order valence-corrected chi connectivity index (χ0v) is 13.0. The molecule has 0 aromatic rings. The third-order valence-corrected chi connectivity index (χ3v) is 5.19. The molecule has 0 aliphatic carbocycles. The summed E-state index contributed by atoms with van der Waals surface area (Å²) in [6.45, 7) is 5.61. The highest BCUT2D eigenvalue weighted by Gasteiger charge is 2.37. The van der Waals surface area contributed by atoms with Crippen molar-refractivity contribution in [2.75, 3.05) is 45.5 Å². The number of thioether (sulfide) groups is 1. The third kappa shape index (κ3) is 3.75. The lowest BCUT2D eigenvalue weighted by Crippen LogP contribution is -2.55. The fraction of sp³-hybridized carbons (Fsp3) is 0.923. The van der Waals surface area contributed by atoms with Crippen LogP contribution < -0.4 is 0 Å². The second-order valence-electron chi connectivity index (χ2n) is 5.48. The summed E-state index contributed by atoms with van der Waals surface area (Å²) in [6, 6.07) is -0.0723. The fourth-order valence-electron chi connectivity index (χ4n) is 2.65. The Morgan fingerprint density at radius 2 is 1.55 bits per heavy atom. The number of rotatable bonds is 2. The highest BCUT2D eigenvalue weighted by Crippen LogP contribution is 2.28. The molecule has 0 aromatic carbocycles. The van der Waals surface area contributed by atoms with Crippen molar-refractivity contribution in [3.8, 4) is 0 Å². The number of halogens is 2.